The number of hydrogen-bond donors (Lipinski definition) is 3. The Morgan fingerprint density at radius 3 is 3.29 bits per heavy atom. The van der Waals surface area contributed by atoms with Crippen LogP contribution in [-0.4, -0.2) is 30.0 Å². The quantitative estimate of drug-likeness (QED) is 0.702. The Balaban J connectivity index is 1.76. The molecule has 1 unspecified atom stereocenters. The molecule has 2 heterocycles. The number of benzene rings is 1. The average Bonchev–Trinajstić information content (AvgIpc) is 2.95. The highest BCUT2D eigenvalue weighted by Crippen LogP contribution is 2.25. The minimum absolute atomic E-state index is 0.590. The van der Waals surface area contributed by atoms with E-state index in [4.69, 9.17) is 10.5 Å². The van der Waals surface area contributed by atoms with E-state index in [-0.39, 0.29) is 0 Å². The number of aromatic nitrogens is 2. The molecule has 1 aliphatic rings. The topological polar surface area (TPSA) is 76.0 Å². The summed E-state index contributed by atoms with van der Waals surface area (Å²) < 4.78 is 5.35. The monoisotopic (exact) mass is 232 g/mol. The molecule has 0 bridgehead atoms. The highest BCUT2D eigenvalue weighted by atomic mass is 16.5. The second-order valence-corrected chi connectivity index (χ2v) is 4.51. The number of nitrogens with zero attached hydrogens (tertiary/aromatic N) is 1. The largest absolute Gasteiger partial charge is 0.397 e. The van der Waals surface area contributed by atoms with Crippen molar-refractivity contribution in [1.82, 2.24) is 10.2 Å². The van der Waals surface area contributed by atoms with Crippen LogP contribution < -0.4 is 11.1 Å². The molecule has 3 rings (SSSR count). The van der Waals surface area contributed by atoms with Crippen molar-refractivity contribution < 1.29 is 4.74 Å². The van der Waals surface area contributed by atoms with Crippen molar-refractivity contribution in [1.29, 1.82) is 0 Å². The van der Waals surface area contributed by atoms with Gasteiger partial charge in [-0.2, -0.15) is 5.10 Å². The van der Waals surface area contributed by atoms with E-state index in [2.05, 4.69) is 15.5 Å². The van der Waals surface area contributed by atoms with Crippen molar-refractivity contribution in [2.75, 3.05) is 30.8 Å². The van der Waals surface area contributed by atoms with E-state index in [9.17, 15) is 0 Å². The molecule has 0 spiro atoms. The van der Waals surface area contributed by atoms with Gasteiger partial charge in [0.25, 0.3) is 0 Å². The third-order valence-electron chi connectivity index (χ3n) is 3.22. The summed E-state index contributed by atoms with van der Waals surface area (Å²) in [6, 6.07) is 3.94. The molecule has 2 aromatic rings. The maximum Gasteiger partial charge on any atom is 0.0672 e. The zero-order valence-electron chi connectivity index (χ0n) is 9.57. The smallest absolute Gasteiger partial charge is 0.0672 e. The molecule has 5 heteroatoms. The number of hydrogen-bond acceptors (Lipinski definition) is 4. The summed E-state index contributed by atoms with van der Waals surface area (Å²) >= 11 is 0. The van der Waals surface area contributed by atoms with Crippen LogP contribution in [0.3, 0.4) is 0 Å². The average molecular weight is 232 g/mol. The van der Waals surface area contributed by atoms with Crippen molar-refractivity contribution in [3.63, 3.8) is 0 Å². The van der Waals surface area contributed by atoms with Gasteiger partial charge in [0, 0.05) is 24.5 Å². The number of nitrogen functional groups attached to an aromatic ring is 1. The summed E-state index contributed by atoms with van der Waals surface area (Å²) in [6.45, 7) is 2.63. The molecule has 1 atom stereocenters. The molecule has 0 aliphatic carbocycles. The lowest BCUT2D eigenvalue weighted by Gasteiger charge is -2.12. The van der Waals surface area contributed by atoms with E-state index in [1.54, 1.807) is 6.20 Å². The molecular weight excluding hydrogens is 216 g/mol. The van der Waals surface area contributed by atoms with Gasteiger partial charge >= 0.3 is 0 Å². The number of H-pyrrole nitrogens is 1. The summed E-state index contributed by atoms with van der Waals surface area (Å²) in [7, 11) is 0. The van der Waals surface area contributed by atoms with Crippen molar-refractivity contribution in [3.05, 3.63) is 18.3 Å². The maximum atomic E-state index is 6.00. The number of nitrogens with one attached hydrogen (secondary N) is 2. The SMILES string of the molecule is Nc1cc2cn[nH]c2cc1NCC1CCOC1. The molecule has 0 amide bonds. The second-order valence-electron chi connectivity index (χ2n) is 4.51. The van der Waals surface area contributed by atoms with Crippen LogP contribution in [0.25, 0.3) is 10.9 Å². The normalized spacial score (nSPS) is 19.9. The van der Waals surface area contributed by atoms with Gasteiger partial charge in [-0.1, -0.05) is 0 Å². The van der Waals surface area contributed by atoms with Crippen molar-refractivity contribution in [2.24, 2.45) is 5.92 Å². The molecule has 1 aromatic heterocycles. The van der Waals surface area contributed by atoms with Gasteiger partial charge in [-0.25, -0.2) is 0 Å². The first-order chi connectivity index (χ1) is 8.33. The summed E-state index contributed by atoms with van der Waals surface area (Å²) in [6.07, 6.45) is 2.90. The van der Waals surface area contributed by atoms with E-state index in [1.165, 1.54) is 0 Å². The zero-order valence-corrected chi connectivity index (χ0v) is 9.57. The van der Waals surface area contributed by atoms with Crippen LogP contribution in [0.15, 0.2) is 18.3 Å². The lowest BCUT2D eigenvalue weighted by atomic mass is 10.1. The fraction of sp³-hybridized carbons (Fsp3) is 0.417. The van der Waals surface area contributed by atoms with Crippen molar-refractivity contribution in [3.8, 4) is 0 Å². The van der Waals surface area contributed by atoms with E-state index in [1.807, 2.05) is 12.1 Å². The van der Waals surface area contributed by atoms with Crippen LogP contribution in [0.5, 0.6) is 0 Å². The summed E-state index contributed by atoms with van der Waals surface area (Å²) in [5.74, 6) is 0.590. The Bertz CT molecular complexity index is 516. The molecule has 17 heavy (non-hydrogen) atoms. The molecule has 4 N–H and O–H groups in total. The van der Waals surface area contributed by atoms with E-state index in [0.717, 1.165) is 48.5 Å². The van der Waals surface area contributed by atoms with Crippen LogP contribution in [0, 0.1) is 5.92 Å². The molecule has 1 saturated heterocycles. The van der Waals surface area contributed by atoms with Crippen LogP contribution in [-0.2, 0) is 4.74 Å². The fourth-order valence-corrected chi connectivity index (χ4v) is 2.16. The first kappa shape index (κ1) is 10.4. The van der Waals surface area contributed by atoms with Gasteiger partial charge in [0.2, 0.25) is 0 Å². The minimum atomic E-state index is 0.590. The first-order valence-electron chi connectivity index (χ1n) is 5.87. The van der Waals surface area contributed by atoms with Crippen LogP contribution in [0.1, 0.15) is 6.42 Å². The van der Waals surface area contributed by atoms with Crippen molar-refractivity contribution >= 4 is 22.3 Å². The molecule has 0 saturated carbocycles. The van der Waals surface area contributed by atoms with Crippen LogP contribution in [0.2, 0.25) is 0 Å². The number of nitrogens with two attached hydrogens (primary N) is 1. The van der Waals surface area contributed by atoms with Crippen LogP contribution >= 0.6 is 0 Å². The lowest BCUT2D eigenvalue weighted by Crippen LogP contribution is -2.14. The summed E-state index contributed by atoms with van der Waals surface area (Å²) in [5, 5.41) is 11.4. The minimum Gasteiger partial charge on any atom is -0.397 e. The van der Waals surface area contributed by atoms with Gasteiger partial charge in [0.15, 0.2) is 0 Å². The third kappa shape index (κ3) is 2.06. The number of aromatic amines is 1. The van der Waals surface area contributed by atoms with E-state index < -0.39 is 0 Å². The van der Waals surface area contributed by atoms with Gasteiger partial charge in [-0.05, 0) is 18.6 Å². The Labute approximate surface area is 99.3 Å². The standard InChI is InChI=1S/C12H16N4O/c13-10-3-9-6-15-16-11(9)4-12(10)14-5-8-1-2-17-7-8/h3-4,6,8,14H,1-2,5,7,13H2,(H,15,16). The Morgan fingerprint density at radius 1 is 1.53 bits per heavy atom. The summed E-state index contributed by atoms with van der Waals surface area (Å²) in [5.41, 5.74) is 8.73. The van der Waals surface area contributed by atoms with E-state index in [0.29, 0.717) is 5.92 Å². The number of ether oxygens (including phenoxy) is 1. The summed E-state index contributed by atoms with van der Waals surface area (Å²) in [4.78, 5) is 0. The molecule has 5 nitrogen and oxygen atoms in total. The first-order valence-corrected chi connectivity index (χ1v) is 5.87. The molecule has 90 valence electrons. The Morgan fingerprint density at radius 2 is 2.47 bits per heavy atom. The fourth-order valence-electron chi connectivity index (χ4n) is 2.16. The molecule has 1 fully saturated rings. The van der Waals surface area contributed by atoms with Gasteiger partial charge in [-0.15, -0.1) is 0 Å². The number of rotatable bonds is 3. The predicted molar refractivity (Wildman–Crippen MR) is 67.9 cm³/mol. The zero-order chi connectivity index (χ0) is 11.7. The Kier molecular flexibility index (Phi) is 2.60. The highest BCUT2D eigenvalue weighted by Gasteiger charge is 2.15. The highest BCUT2D eigenvalue weighted by molar-refractivity contribution is 5.88. The van der Waals surface area contributed by atoms with Gasteiger partial charge < -0.3 is 15.8 Å². The van der Waals surface area contributed by atoms with Gasteiger partial charge in [-0.3, -0.25) is 5.10 Å². The maximum absolute atomic E-state index is 6.00. The van der Waals surface area contributed by atoms with Crippen LogP contribution in [0.4, 0.5) is 11.4 Å². The third-order valence-corrected chi connectivity index (χ3v) is 3.22. The molecule has 0 radical (unpaired) electrons. The molecular formula is C12H16N4O. The van der Waals surface area contributed by atoms with Crippen molar-refractivity contribution in [2.45, 2.75) is 6.42 Å². The van der Waals surface area contributed by atoms with Gasteiger partial charge in [0.1, 0.15) is 0 Å². The molecule has 1 aromatic carbocycles. The molecule has 1 aliphatic heterocycles. The van der Waals surface area contributed by atoms with E-state index >= 15 is 0 Å². The van der Waals surface area contributed by atoms with Gasteiger partial charge in [0.05, 0.1) is 29.7 Å². The lowest BCUT2D eigenvalue weighted by molar-refractivity contribution is 0.187. The number of anilines is 2. The second kappa shape index (κ2) is 4.25. The number of fused-ring (bicyclic) bond motifs is 1. The Hall–Kier alpha value is -1.75. The predicted octanol–water partition coefficient (Wildman–Crippen LogP) is 1.59.